The quantitative estimate of drug-likeness (QED) is 0.740. The summed E-state index contributed by atoms with van der Waals surface area (Å²) in [6.45, 7) is 8.31. The highest BCUT2D eigenvalue weighted by Crippen LogP contribution is 2.35. The average molecular weight is 269 g/mol. The van der Waals surface area contributed by atoms with Gasteiger partial charge in [-0.3, -0.25) is 0 Å². The standard InChI is InChI=1S/C16H31NO2/c1-12-13(2)17(7-5-15(12)6-8-18-3)11-14-9-16(10-14)19-4/h12-16H,5-11H2,1-4H3/t12-,13+,14?,15-,16?/m0/s1. The molecule has 3 heteroatoms. The Kier molecular flexibility index (Phi) is 5.67. The molecule has 0 N–H and O–H groups in total. The fourth-order valence-corrected chi connectivity index (χ4v) is 3.81. The van der Waals surface area contributed by atoms with Gasteiger partial charge in [-0.05, 0) is 56.9 Å². The van der Waals surface area contributed by atoms with Gasteiger partial charge in [-0.1, -0.05) is 6.92 Å². The van der Waals surface area contributed by atoms with Crippen LogP contribution < -0.4 is 0 Å². The monoisotopic (exact) mass is 269 g/mol. The molecule has 0 aromatic carbocycles. The Hall–Kier alpha value is -0.120. The largest absolute Gasteiger partial charge is 0.385 e. The predicted octanol–water partition coefficient (Wildman–Crippen LogP) is 2.79. The maximum atomic E-state index is 5.38. The SMILES string of the molecule is COCC[C@@H]1CCN(CC2CC(OC)C2)[C@H](C)[C@@H]1C. The van der Waals surface area contributed by atoms with E-state index in [0.717, 1.165) is 30.4 Å². The summed E-state index contributed by atoms with van der Waals surface area (Å²) in [6.07, 6.45) is 5.64. The van der Waals surface area contributed by atoms with Crippen LogP contribution in [0, 0.1) is 17.8 Å². The molecular weight excluding hydrogens is 238 g/mol. The van der Waals surface area contributed by atoms with Gasteiger partial charge in [0.15, 0.2) is 0 Å². The minimum Gasteiger partial charge on any atom is -0.385 e. The van der Waals surface area contributed by atoms with Crippen LogP contribution in [-0.4, -0.2) is 51.0 Å². The third kappa shape index (κ3) is 3.71. The van der Waals surface area contributed by atoms with E-state index in [0.29, 0.717) is 6.10 Å². The van der Waals surface area contributed by atoms with E-state index in [-0.39, 0.29) is 0 Å². The van der Waals surface area contributed by atoms with Crippen LogP contribution in [0.25, 0.3) is 0 Å². The summed E-state index contributed by atoms with van der Waals surface area (Å²) in [5.74, 6) is 2.51. The highest BCUT2D eigenvalue weighted by atomic mass is 16.5. The van der Waals surface area contributed by atoms with Gasteiger partial charge in [0.05, 0.1) is 6.10 Å². The van der Waals surface area contributed by atoms with Crippen LogP contribution >= 0.6 is 0 Å². The van der Waals surface area contributed by atoms with Gasteiger partial charge in [-0.15, -0.1) is 0 Å². The normalized spacial score (nSPS) is 40.1. The van der Waals surface area contributed by atoms with Crippen molar-refractivity contribution in [1.82, 2.24) is 4.90 Å². The molecule has 112 valence electrons. The number of rotatable bonds is 6. The van der Waals surface area contributed by atoms with Crippen molar-refractivity contribution in [2.24, 2.45) is 17.8 Å². The Morgan fingerprint density at radius 2 is 1.89 bits per heavy atom. The first-order chi connectivity index (χ1) is 9.15. The molecule has 2 fully saturated rings. The number of nitrogens with zero attached hydrogens (tertiary/aromatic N) is 1. The van der Waals surface area contributed by atoms with E-state index in [1.54, 1.807) is 0 Å². The highest BCUT2D eigenvalue weighted by Gasteiger charge is 2.36. The molecule has 19 heavy (non-hydrogen) atoms. The molecule has 1 aliphatic heterocycles. The first-order valence-corrected chi connectivity index (χ1v) is 7.91. The first kappa shape index (κ1) is 15.3. The topological polar surface area (TPSA) is 21.7 Å². The Bertz CT molecular complexity index is 265. The molecule has 3 atom stereocenters. The van der Waals surface area contributed by atoms with Crippen LogP contribution in [0.2, 0.25) is 0 Å². The smallest absolute Gasteiger partial charge is 0.0577 e. The van der Waals surface area contributed by atoms with E-state index < -0.39 is 0 Å². The molecule has 0 amide bonds. The number of piperidine rings is 1. The average Bonchev–Trinajstić information content (AvgIpc) is 2.37. The zero-order valence-electron chi connectivity index (χ0n) is 13.1. The zero-order valence-corrected chi connectivity index (χ0v) is 13.1. The van der Waals surface area contributed by atoms with E-state index >= 15 is 0 Å². The molecule has 1 saturated heterocycles. The van der Waals surface area contributed by atoms with E-state index in [9.17, 15) is 0 Å². The lowest BCUT2D eigenvalue weighted by molar-refractivity contribution is -0.0303. The summed E-state index contributed by atoms with van der Waals surface area (Å²) in [6, 6.07) is 0.720. The molecule has 1 saturated carbocycles. The van der Waals surface area contributed by atoms with Crippen molar-refractivity contribution in [3.05, 3.63) is 0 Å². The Labute approximate surface area is 118 Å². The van der Waals surface area contributed by atoms with Gasteiger partial charge >= 0.3 is 0 Å². The molecule has 0 unspecified atom stereocenters. The van der Waals surface area contributed by atoms with Gasteiger partial charge in [0.2, 0.25) is 0 Å². The maximum Gasteiger partial charge on any atom is 0.0577 e. The molecule has 0 radical (unpaired) electrons. The van der Waals surface area contributed by atoms with Gasteiger partial charge in [0.1, 0.15) is 0 Å². The van der Waals surface area contributed by atoms with E-state index in [2.05, 4.69) is 18.7 Å². The molecule has 0 aromatic rings. The lowest BCUT2D eigenvalue weighted by Gasteiger charge is -2.46. The van der Waals surface area contributed by atoms with Crippen molar-refractivity contribution in [1.29, 1.82) is 0 Å². The van der Waals surface area contributed by atoms with Crippen molar-refractivity contribution < 1.29 is 9.47 Å². The van der Waals surface area contributed by atoms with Crippen molar-refractivity contribution in [3.63, 3.8) is 0 Å². The van der Waals surface area contributed by atoms with Crippen LogP contribution in [-0.2, 0) is 9.47 Å². The van der Waals surface area contributed by atoms with Gasteiger partial charge in [-0.2, -0.15) is 0 Å². The van der Waals surface area contributed by atoms with Crippen molar-refractivity contribution in [3.8, 4) is 0 Å². The Morgan fingerprint density at radius 1 is 1.16 bits per heavy atom. The second-order valence-corrected chi connectivity index (χ2v) is 6.62. The summed E-state index contributed by atoms with van der Waals surface area (Å²) in [5, 5.41) is 0. The third-order valence-corrected chi connectivity index (χ3v) is 5.58. The number of hydrogen-bond donors (Lipinski definition) is 0. The molecule has 0 aromatic heterocycles. The number of methoxy groups -OCH3 is 2. The molecule has 0 bridgehead atoms. The van der Waals surface area contributed by atoms with Crippen molar-refractivity contribution >= 4 is 0 Å². The summed E-state index contributed by atoms with van der Waals surface area (Å²) in [5.41, 5.74) is 0. The Balaban J connectivity index is 1.75. The lowest BCUT2D eigenvalue weighted by atomic mass is 9.77. The van der Waals surface area contributed by atoms with Crippen LogP contribution in [0.1, 0.15) is 39.5 Å². The van der Waals surface area contributed by atoms with Gasteiger partial charge in [0.25, 0.3) is 0 Å². The molecule has 0 spiro atoms. The minimum atomic E-state index is 0.539. The number of ether oxygens (including phenoxy) is 2. The van der Waals surface area contributed by atoms with Crippen LogP contribution in [0.3, 0.4) is 0 Å². The van der Waals surface area contributed by atoms with Crippen LogP contribution in [0.4, 0.5) is 0 Å². The van der Waals surface area contributed by atoms with E-state index in [4.69, 9.17) is 9.47 Å². The third-order valence-electron chi connectivity index (χ3n) is 5.58. The number of hydrogen-bond acceptors (Lipinski definition) is 3. The van der Waals surface area contributed by atoms with Crippen LogP contribution in [0.15, 0.2) is 0 Å². The molecule has 2 rings (SSSR count). The van der Waals surface area contributed by atoms with Gasteiger partial charge in [0, 0.05) is 33.4 Å². The summed E-state index contributed by atoms with van der Waals surface area (Å²) in [4.78, 5) is 2.71. The molecule has 3 nitrogen and oxygen atoms in total. The molecule has 1 heterocycles. The summed E-state index contributed by atoms with van der Waals surface area (Å²) >= 11 is 0. The Morgan fingerprint density at radius 3 is 2.53 bits per heavy atom. The van der Waals surface area contributed by atoms with E-state index in [1.807, 2.05) is 14.2 Å². The molecule has 2 aliphatic rings. The van der Waals surface area contributed by atoms with Crippen LogP contribution in [0.5, 0.6) is 0 Å². The fraction of sp³-hybridized carbons (Fsp3) is 1.00. The second-order valence-electron chi connectivity index (χ2n) is 6.62. The fourth-order valence-electron chi connectivity index (χ4n) is 3.81. The zero-order chi connectivity index (χ0) is 13.8. The highest BCUT2D eigenvalue weighted by molar-refractivity contribution is 4.89. The van der Waals surface area contributed by atoms with Gasteiger partial charge in [-0.25, -0.2) is 0 Å². The molecular formula is C16H31NO2. The van der Waals surface area contributed by atoms with Gasteiger partial charge < -0.3 is 14.4 Å². The first-order valence-electron chi connectivity index (χ1n) is 7.91. The lowest BCUT2D eigenvalue weighted by Crippen LogP contribution is -2.50. The summed E-state index contributed by atoms with van der Waals surface area (Å²) < 4.78 is 10.6. The molecule has 1 aliphatic carbocycles. The number of likely N-dealkylation sites (tertiary alicyclic amines) is 1. The summed E-state index contributed by atoms with van der Waals surface area (Å²) in [7, 11) is 3.65. The van der Waals surface area contributed by atoms with Crippen molar-refractivity contribution in [2.45, 2.75) is 51.7 Å². The second kappa shape index (κ2) is 7.05. The van der Waals surface area contributed by atoms with Crippen molar-refractivity contribution in [2.75, 3.05) is 33.9 Å². The van der Waals surface area contributed by atoms with E-state index in [1.165, 1.54) is 38.8 Å². The maximum absolute atomic E-state index is 5.38. The predicted molar refractivity (Wildman–Crippen MR) is 78.3 cm³/mol. The minimum absolute atomic E-state index is 0.539.